The molecule has 0 atom stereocenters. The molecular weight excluding hydrogens is 372 g/mol. The van der Waals surface area contributed by atoms with E-state index in [0.29, 0.717) is 25.6 Å². The van der Waals surface area contributed by atoms with Gasteiger partial charge in [0.15, 0.2) is 11.5 Å². The van der Waals surface area contributed by atoms with Crippen LogP contribution in [0.4, 0.5) is 5.95 Å². The third kappa shape index (κ3) is 4.23. The smallest absolute Gasteiger partial charge is 0.255 e. The number of morpholine rings is 1. The Bertz CT molecular complexity index is 908. The van der Waals surface area contributed by atoms with E-state index in [4.69, 9.17) is 19.2 Å². The van der Waals surface area contributed by atoms with Gasteiger partial charge in [-0.2, -0.15) is 0 Å². The predicted octanol–water partition coefficient (Wildman–Crippen LogP) is 1.22. The Balaban J connectivity index is 1.51. The number of H-pyrrole nitrogens is 1. The molecule has 0 radical (unpaired) electrons. The minimum Gasteiger partial charge on any atom is -0.493 e. The second-order valence-corrected chi connectivity index (χ2v) is 7.34. The van der Waals surface area contributed by atoms with Crippen molar-refractivity contribution < 1.29 is 14.2 Å². The Morgan fingerprint density at radius 1 is 1.10 bits per heavy atom. The first-order valence-electron chi connectivity index (χ1n) is 10.1. The third-order valence-corrected chi connectivity index (χ3v) is 5.62. The molecule has 2 aliphatic heterocycles. The van der Waals surface area contributed by atoms with Crippen molar-refractivity contribution in [2.24, 2.45) is 0 Å². The van der Waals surface area contributed by atoms with Crippen LogP contribution in [0, 0.1) is 0 Å². The van der Waals surface area contributed by atoms with Gasteiger partial charge in [0, 0.05) is 50.3 Å². The van der Waals surface area contributed by atoms with E-state index in [1.807, 2.05) is 12.1 Å². The summed E-state index contributed by atoms with van der Waals surface area (Å²) in [5, 5.41) is 0. The van der Waals surface area contributed by atoms with Crippen LogP contribution in [0.1, 0.15) is 16.8 Å². The van der Waals surface area contributed by atoms with Crippen LogP contribution in [0.5, 0.6) is 11.5 Å². The molecule has 1 fully saturated rings. The van der Waals surface area contributed by atoms with Gasteiger partial charge in [-0.15, -0.1) is 0 Å². The number of rotatable bonds is 5. The number of para-hydroxylation sites is 1. The standard InChI is InChI=1S/C21H28N4O4/c1-27-18-5-3-4-15(19(18)28-2)14-24-8-6-16-17(7-9-24)22-21(23-20(16)26)25-10-12-29-13-11-25/h3-5H,6-14H2,1-2H3,(H,22,23,26). The summed E-state index contributed by atoms with van der Waals surface area (Å²) >= 11 is 0. The van der Waals surface area contributed by atoms with Gasteiger partial charge >= 0.3 is 0 Å². The highest BCUT2D eigenvalue weighted by atomic mass is 16.5. The number of ether oxygens (including phenoxy) is 3. The highest BCUT2D eigenvalue weighted by Gasteiger charge is 2.22. The Morgan fingerprint density at radius 3 is 2.66 bits per heavy atom. The van der Waals surface area contributed by atoms with Crippen LogP contribution in [0.3, 0.4) is 0 Å². The molecular formula is C21H28N4O4. The van der Waals surface area contributed by atoms with Crippen LogP contribution < -0.4 is 19.9 Å². The fraction of sp³-hybridized carbons (Fsp3) is 0.524. The second kappa shape index (κ2) is 8.84. The number of nitrogens with zero attached hydrogens (tertiary/aromatic N) is 3. The van der Waals surface area contributed by atoms with Crippen molar-refractivity contribution in [3.63, 3.8) is 0 Å². The van der Waals surface area contributed by atoms with Crippen molar-refractivity contribution in [3.8, 4) is 11.5 Å². The monoisotopic (exact) mass is 400 g/mol. The molecule has 1 N–H and O–H groups in total. The minimum atomic E-state index is -0.0164. The molecule has 2 aromatic rings. The maximum Gasteiger partial charge on any atom is 0.255 e. The molecule has 29 heavy (non-hydrogen) atoms. The zero-order valence-electron chi connectivity index (χ0n) is 17.1. The van der Waals surface area contributed by atoms with Crippen molar-refractivity contribution in [3.05, 3.63) is 45.4 Å². The number of nitrogens with one attached hydrogen (secondary N) is 1. The van der Waals surface area contributed by atoms with Gasteiger partial charge < -0.3 is 19.1 Å². The number of fused-ring (bicyclic) bond motifs is 1. The lowest BCUT2D eigenvalue weighted by molar-refractivity contribution is 0.122. The van der Waals surface area contributed by atoms with Gasteiger partial charge in [0.1, 0.15) is 0 Å². The average molecular weight is 400 g/mol. The molecule has 156 valence electrons. The number of aromatic amines is 1. The van der Waals surface area contributed by atoms with Crippen LogP contribution in [-0.4, -0.2) is 68.5 Å². The summed E-state index contributed by atoms with van der Waals surface area (Å²) in [7, 11) is 3.31. The summed E-state index contributed by atoms with van der Waals surface area (Å²) in [5.74, 6) is 2.17. The van der Waals surface area contributed by atoms with E-state index in [2.05, 4.69) is 20.9 Å². The zero-order chi connectivity index (χ0) is 20.2. The van der Waals surface area contributed by atoms with E-state index in [0.717, 1.165) is 67.5 Å². The van der Waals surface area contributed by atoms with E-state index in [-0.39, 0.29) is 5.56 Å². The van der Waals surface area contributed by atoms with E-state index >= 15 is 0 Å². The van der Waals surface area contributed by atoms with Gasteiger partial charge in [-0.1, -0.05) is 12.1 Å². The first-order chi connectivity index (χ1) is 14.2. The normalized spacial score (nSPS) is 17.5. The maximum absolute atomic E-state index is 12.7. The lowest BCUT2D eigenvalue weighted by Crippen LogP contribution is -2.38. The molecule has 1 aromatic carbocycles. The summed E-state index contributed by atoms with van der Waals surface area (Å²) in [6.45, 7) is 5.21. The van der Waals surface area contributed by atoms with Gasteiger partial charge in [0.2, 0.25) is 5.95 Å². The topological polar surface area (TPSA) is 79.9 Å². The fourth-order valence-electron chi connectivity index (χ4n) is 4.04. The molecule has 8 heteroatoms. The Kier molecular flexibility index (Phi) is 6.01. The minimum absolute atomic E-state index is 0.0164. The van der Waals surface area contributed by atoms with Crippen LogP contribution in [-0.2, 0) is 24.1 Å². The van der Waals surface area contributed by atoms with Gasteiger partial charge in [0.05, 0.1) is 33.1 Å². The predicted molar refractivity (Wildman–Crippen MR) is 110 cm³/mol. The molecule has 8 nitrogen and oxygen atoms in total. The fourth-order valence-corrected chi connectivity index (χ4v) is 4.04. The van der Waals surface area contributed by atoms with Gasteiger partial charge in [0.25, 0.3) is 5.56 Å². The van der Waals surface area contributed by atoms with Crippen LogP contribution in [0.2, 0.25) is 0 Å². The number of hydrogen-bond acceptors (Lipinski definition) is 7. The van der Waals surface area contributed by atoms with Crippen molar-refractivity contribution >= 4 is 5.95 Å². The summed E-state index contributed by atoms with van der Waals surface area (Å²) in [6.07, 6.45) is 1.44. The van der Waals surface area contributed by atoms with Crippen LogP contribution in [0.15, 0.2) is 23.0 Å². The second-order valence-electron chi connectivity index (χ2n) is 7.34. The van der Waals surface area contributed by atoms with Crippen molar-refractivity contribution in [1.29, 1.82) is 0 Å². The Morgan fingerprint density at radius 2 is 1.90 bits per heavy atom. The van der Waals surface area contributed by atoms with Crippen LogP contribution in [0.25, 0.3) is 0 Å². The van der Waals surface area contributed by atoms with E-state index in [1.165, 1.54) is 0 Å². The molecule has 0 amide bonds. The van der Waals surface area contributed by atoms with E-state index in [1.54, 1.807) is 14.2 Å². The number of benzene rings is 1. The number of methoxy groups -OCH3 is 2. The number of hydrogen-bond donors (Lipinski definition) is 1. The molecule has 0 spiro atoms. The summed E-state index contributed by atoms with van der Waals surface area (Å²) in [6, 6.07) is 5.93. The quantitative estimate of drug-likeness (QED) is 0.808. The van der Waals surface area contributed by atoms with Crippen molar-refractivity contribution in [1.82, 2.24) is 14.9 Å². The summed E-state index contributed by atoms with van der Waals surface area (Å²) in [4.78, 5) is 24.9. The highest BCUT2D eigenvalue weighted by molar-refractivity contribution is 5.46. The molecule has 0 saturated carbocycles. The Labute approximate surface area is 170 Å². The lowest BCUT2D eigenvalue weighted by Gasteiger charge is -2.27. The van der Waals surface area contributed by atoms with Crippen molar-refractivity contribution in [2.75, 3.05) is 58.5 Å². The third-order valence-electron chi connectivity index (χ3n) is 5.62. The highest BCUT2D eigenvalue weighted by Crippen LogP contribution is 2.31. The molecule has 2 aliphatic rings. The summed E-state index contributed by atoms with van der Waals surface area (Å²) < 4.78 is 16.4. The zero-order valence-corrected chi connectivity index (χ0v) is 17.1. The summed E-state index contributed by atoms with van der Waals surface area (Å²) in [5.41, 5.74) is 2.78. The molecule has 4 rings (SSSR count). The molecule has 1 saturated heterocycles. The maximum atomic E-state index is 12.7. The first kappa shape index (κ1) is 19.7. The lowest BCUT2D eigenvalue weighted by atomic mass is 10.1. The number of aromatic nitrogens is 2. The molecule has 3 heterocycles. The number of anilines is 1. The van der Waals surface area contributed by atoms with Gasteiger partial charge in [-0.05, 0) is 12.5 Å². The van der Waals surface area contributed by atoms with Gasteiger partial charge in [-0.25, -0.2) is 4.98 Å². The largest absolute Gasteiger partial charge is 0.493 e. The van der Waals surface area contributed by atoms with Gasteiger partial charge in [-0.3, -0.25) is 14.7 Å². The Hall–Kier alpha value is -2.58. The van der Waals surface area contributed by atoms with Crippen LogP contribution >= 0.6 is 0 Å². The molecule has 0 bridgehead atoms. The average Bonchev–Trinajstić information content (AvgIpc) is 2.97. The molecule has 0 unspecified atom stereocenters. The SMILES string of the molecule is COc1cccc(CN2CCc3nc(N4CCOCC4)[nH]c(=O)c3CC2)c1OC. The van der Waals surface area contributed by atoms with Crippen molar-refractivity contribution in [2.45, 2.75) is 19.4 Å². The molecule has 1 aromatic heterocycles. The van der Waals surface area contributed by atoms with E-state index < -0.39 is 0 Å². The first-order valence-corrected chi connectivity index (χ1v) is 10.1. The molecule has 0 aliphatic carbocycles. The van der Waals surface area contributed by atoms with E-state index in [9.17, 15) is 4.79 Å².